The van der Waals surface area contributed by atoms with Crippen molar-refractivity contribution in [3.8, 4) is 11.3 Å². The molecule has 0 spiro atoms. The van der Waals surface area contributed by atoms with Crippen molar-refractivity contribution in [2.24, 2.45) is 4.99 Å². The van der Waals surface area contributed by atoms with Crippen molar-refractivity contribution in [3.63, 3.8) is 0 Å². The zero-order chi connectivity index (χ0) is 21.0. The molecule has 5 nitrogen and oxygen atoms in total. The first-order chi connectivity index (χ1) is 13.8. The number of aryl methyl sites for hydroxylation is 1. The lowest BCUT2D eigenvalue weighted by Gasteiger charge is -2.12. The highest BCUT2D eigenvalue weighted by Crippen LogP contribution is 2.24. The van der Waals surface area contributed by atoms with Gasteiger partial charge in [0.15, 0.2) is 4.80 Å². The third-order valence-electron chi connectivity index (χ3n) is 4.72. The Labute approximate surface area is 177 Å². The van der Waals surface area contributed by atoms with Crippen molar-refractivity contribution in [2.75, 3.05) is 14.1 Å². The summed E-state index contributed by atoms with van der Waals surface area (Å²) in [7, 11) is -0.346. The molecule has 2 aromatic carbocycles. The first-order valence-electron chi connectivity index (χ1n) is 9.65. The fraction of sp³-hybridized carbons (Fsp3) is 0.318. The Hall–Kier alpha value is -2.22. The van der Waals surface area contributed by atoms with E-state index in [0.717, 1.165) is 41.1 Å². The Morgan fingerprint density at radius 2 is 1.69 bits per heavy atom. The van der Waals surface area contributed by atoms with Crippen LogP contribution in [-0.2, 0) is 16.6 Å². The number of unbranched alkanes of at least 4 members (excludes halogenated alkanes) is 1. The minimum atomic E-state index is -3.43. The summed E-state index contributed by atoms with van der Waals surface area (Å²) in [5, 5.41) is 2.10. The van der Waals surface area contributed by atoms with Crippen LogP contribution in [0.2, 0.25) is 0 Å². The summed E-state index contributed by atoms with van der Waals surface area (Å²) < 4.78 is 28.1. The number of hydrogen-bond donors (Lipinski definition) is 0. The lowest BCUT2D eigenvalue weighted by atomic mass is 10.1. The van der Waals surface area contributed by atoms with Crippen molar-refractivity contribution in [3.05, 3.63) is 64.3 Å². The van der Waals surface area contributed by atoms with Crippen LogP contribution in [0.4, 0.5) is 5.69 Å². The molecule has 3 rings (SSSR count). The van der Waals surface area contributed by atoms with Crippen LogP contribution in [0.1, 0.15) is 25.3 Å². The maximum Gasteiger partial charge on any atom is 0.242 e. The molecule has 0 bridgehead atoms. The Morgan fingerprint density at radius 1 is 1.03 bits per heavy atom. The predicted octanol–water partition coefficient (Wildman–Crippen LogP) is 4.81. The molecule has 0 aliphatic carbocycles. The van der Waals surface area contributed by atoms with E-state index in [1.54, 1.807) is 37.6 Å². The Bertz CT molecular complexity index is 1120. The lowest BCUT2D eigenvalue weighted by molar-refractivity contribution is 0.521. The fourth-order valence-electron chi connectivity index (χ4n) is 2.92. The molecule has 0 atom stereocenters. The minimum Gasteiger partial charge on any atom is -0.316 e. The average Bonchev–Trinajstić information content (AvgIpc) is 3.10. The van der Waals surface area contributed by atoms with Crippen LogP contribution in [0.3, 0.4) is 0 Å². The number of thiazole rings is 1. The normalized spacial score (nSPS) is 12.7. The van der Waals surface area contributed by atoms with Crippen molar-refractivity contribution in [2.45, 2.75) is 38.1 Å². The predicted molar refractivity (Wildman–Crippen MR) is 120 cm³/mol. The highest BCUT2D eigenvalue weighted by molar-refractivity contribution is 7.89. The Kier molecular flexibility index (Phi) is 6.72. The van der Waals surface area contributed by atoms with Gasteiger partial charge in [0.1, 0.15) is 0 Å². The molecule has 0 aliphatic heterocycles. The molecule has 154 valence electrons. The van der Waals surface area contributed by atoms with Gasteiger partial charge in [-0.15, -0.1) is 11.3 Å². The van der Waals surface area contributed by atoms with Gasteiger partial charge < -0.3 is 4.57 Å². The van der Waals surface area contributed by atoms with Crippen LogP contribution in [0.15, 0.2) is 63.8 Å². The molecule has 29 heavy (non-hydrogen) atoms. The van der Waals surface area contributed by atoms with Gasteiger partial charge >= 0.3 is 0 Å². The molecule has 0 saturated carbocycles. The summed E-state index contributed by atoms with van der Waals surface area (Å²) in [5.41, 5.74) is 4.19. The van der Waals surface area contributed by atoms with Crippen LogP contribution in [0.5, 0.6) is 0 Å². The molecule has 0 radical (unpaired) electrons. The number of sulfonamides is 1. The number of aromatic nitrogens is 1. The van der Waals surface area contributed by atoms with E-state index in [2.05, 4.69) is 35.9 Å². The van der Waals surface area contributed by atoms with Crippen LogP contribution in [0.25, 0.3) is 11.3 Å². The number of benzene rings is 2. The number of hydrogen-bond acceptors (Lipinski definition) is 4. The van der Waals surface area contributed by atoms with Gasteiger partial charge in [-0.2, -0.15) is 0 Å². The maximum absolute atomic E-state index is 12.3. The Morgan fingerprint density at radius 3 is 2.28 bits per heavy atom. The standard InChI is InChI=1S/C22H27N3O2S2/c1-5-6-15-25-21(16-28-22(25)23-19-11-7-17(2)8-12-19)18-9-13-20(14-10-18)29(26,27)24(3)4/h7-14,16H,5-6,15H2,1-4H3. The highest BCUT2D eigenvalue weighted by atomic mass is 32.2. The van der Waals surface area contributed by atoms with Gasteiger partial charge in [0.25, 0.3) is 0 Å². The van der Waals surface area contributed by atoms with Crippen LogP contribution in [-0.4, -0.2) is 31.4 Å². The number of nitrogens with zero attached hydrogens (tertiary/aromatic N) is 3. The second kappa shape index (κ2) is 9.07. The molecule has 7 heteroatoms. The fourth-order valence-corrected chi connectivity index (χ4v) is 4.78. The highest BCUT2D eigenvalue weighted by Gasteiger charge is 2.17. The molecule has 0 saturated heterocycles. The monoisotopic (exact) mass is 429 g/mol. The third-order valence-corrected chi connectivity index (χ3v) is 7.41. The first-order valence-corrected chi connectivity index (χ1v) is 12.0. The van der Waals surface area contributed by atoms with Gasteiger partial charge in [-0.25, -0.2) is 17.7 Å². The van der Waals surface area contributed by atoms with Gasteiger partial charge in [0.05, 0.1) is 16.3 Å². The van der Waals surface area contributed by atoms with E-state index in [4.69, 9.17) is 4.99 Å². The zero-order valence-electron chi connectivity index (χ0n) is 17.3. The van der Waals surface area contributed by atoms with Gasteiger partial charge in [-0.05, 0) is 43.2 Å². The van der Waals surface area contributed by atoms with Crippen LogP contribution in [0, 0.1) is 6.92 Å². The molecule has 0 amide bonds. The van der Waals surface area contributed by atoms with Crippen LogP contribution < -0.4 is 4.80 Å². The van der Waals surface area contributed by atoms with Crippen molar-refractivity contribution in [1.29, 1.82) is 0 Å². The molecule has 0 aliphatic rings. The lowest BCUT2D eigenvalue weighted by Crippen LogP contribution is -2.22. The second-order valence-corrected chi connectivity index (χ2v) is 10.2. The van der Waals surface area contributed by atoms with E-state index in [1.165, 1.54) is 9.87 Å². The summed E-state index contributed by atoms with van der Waals surface area (Å²) in [4.78, 5) is 6.08. The Balaban J connectivity index is 2.03. The number of rotatable bonds is 7. The molecule has 1 aromatic heterocycles. The molecular weight excluding hydrogens is 402 g/mol. The second-order valence-electron chi connectivity index (χ2n) is 7.17. The molecule has 0 fully saturated rings. The van der Waals surface area contributed by atoms with E-state index in [0.29, 0.717) is 4.90 Å². The van der Waals surface area contributed by atoms with Crippen LogP contribution >= 0.6 is 11.3 Å². The SMILES string of the molecule is CCCCn1c(-c2ccc(S(=O)(=O)N(C)C)cc2)csc1=Nc1ccc(C)cc1. The topological polar surface area (TPSA) is 54.7 Å². The average molecular weight is 430 g/mol. The zero-order valence-corrected chi connectivity index (χ0v) is 18.9. The van der Waals surface area contributed by atoms with Crippen molar-refractivity contribution in [1.82, 2.24) is 8.87 Å². The molecular formula is C22H27N3O2S2. The van der Waals surface area contributed by atoms with Crippen molar-refractivity contribution >= 4 is 27.0 Å². The van der Waals surface area contributed by atoms with E-state index in [1.807, 2.05) is 24.3 Å². The summed E-state index contributed by atoms with van der Waals surface area (Å²) >= 11 is 1.60. The largest absolute Gasteiger partial charge is 0.316 e. The van der Waals surface area contributed by atoms with E-state index in [-0.39, 0.29) is 0 Å². The van der Waals surface area contributed by atoms with Gasteiger partial charge in [0.2, 0.25) is 10.0 Å². The molecule has 0 unspecified atom stereocenters. The summed E-state index contributed by atoms with van der Waals surface area (Å²) in [5.74, 6) is 0. The summed E-state index contributed by atoms with van der Waals surface area (Å²) in [6, 6.07) is 15.3. The smallest absolute Gasteiger partial charge is 0.242 e. The third kappa shape index (κ3) is 4.86. The van der Waals surface area contributed by atoms with Crippen molar-refractivity contribution < 1.29 is 8.42 Å². The molecule has 0 N–H and O–H groups in total. The van der Waals surface area contributed by atoms with E-state index >= 15 is 0 Å². The van der Waals surface area contributed by atoms with E-state index < -0.39 is 10.0 Å². The minimum absolute atomic E-state index is 0.297. The molecule has 1 heterocycles. The summed E-state index contributed by atoms with van der Waals surface area (Å²) in [6.07, 6.45) is 2.14. The van der Waals surface area contributed by atoms with Gasteiger partial charge in [-0.1, -0.05) is 43.2 Å². The quantitative estimate of drug-likeness (QED) is 0.541. The summed E-state index contributed by atoms with van der Waals surface area (Å²) in [6.45, 7) is 5.11. The maximum atomic E-state index is 12.3. The first kappa shape index (κ1) is 21.5. The molecule has 3 aromatic rings. The van der Waals surface area contributed by atoms with E-state index in [9.17, 15) is 8.42 Å². The van der Waals surface area contributed by atoms with Gasteiger partial charge in [-0.3, -0.25) is 0 Å². The van der Waals surface area contributed by atoms with Gasteiger partial charge in [0, 0.05) is 26.0 Å².